The molecule has 6 nitrogen and oxygen atoms in total. The number of hydrogen-bond acceptors (Lipinski definition) is 5. The molecule has 2 aromatic carbocycles. The molecule has 0 aliphatic carbocycles. The molecule has 1 aromatic heterocycles. The van der Waals surface area contributed by atoms with Crippen molar-refractivity contribution in [2.75, 3.05) is 6.54 Å². The van der Waals surface area contributed by atoms with Gasteiger partial charge in [-0.1, -0.05) is 42.8 Å². The van der Waals surface area contributed by atoms with Crippen LogP contribution >= 0.6 is 11.6 Å². The van der Waals surface area contributed by atoms with Crippen LogP contribution in [0.2, 0.25) is 5.15 Å². The number of fused-ring (bicyclic) bond motifs is 1. The molecule has 0 atom stereocenters. The Morgan fingerprint density at radius 2 is 1.93 bits per heavy atom. The lowest BCUT2D eigenvalue weighted by Crippen LogP contribution is -2.24. The lowest BCUT2D eigenvalue weighted by molar-refractivity contribution is 0.0472. The molecule has 0 amide bonds. The van der Waals surface area contributed by atoms with Crippen LogP contribution in [0.3, 0.4) is 0 Å². The molecular formula is C20H19ClN2O4S. The third kappa shape index (κ3) is 4.67. The molecule has 3 rings (SSSR count). The summed E-state index contributed by atoms with van der Waals surface area (Å²) in [7, 11) is -3.67. The number of ether oxygens (including phenoxy) is 1. The first-order valence-corrected chi connectivity index (χ1v) is 10.6. The Bertz CT molecular complexity index is 1120. The normalized spacial score (nSPS) is 11.5. The monoisotopic (exact) mass is 418 g/mol. The van der Waals surface area contributed by atoms with Crippen LogP contribution in [0.1, 0.15) is 29.3 Å². The molecule has 0 fully saturated rings. The number of aromatic nitrogens is 1. The summed E-state index contributed by atoms with van der Waals surface area (Å²) in [5.74, 6) is -0.642. The maximum atomic E-state index is 12.4. The average Bonchev–Trinajstić information content (AvgIpc) is 2.70. The topological polar surface area (TPSA) is 85.4 Å². The number of carbonyl (C=O) groups is 1. The first kappa shape index (κ1) is 20.3. The standard InChI is InChI=1S/C20H19ClN2O4S/c1-2-10-22-28(25,26)17-8-5-7-15(12-17)20(24)27-13-16-11-14-6-3-4-9-18(14)23-19(16)21/h3-9,11-12,22H,2,10,13H2,1H3. The van der Waals surface area contributed by atoms with Crippen LogP contribution in [0, 0.1) is 0 Å². The van der Waals surface area contributed by atoms with E-state index in [9.17, 15) is 13.2 Å². The Hall–Kier alpha value is -2.48. The van der Waals surface area contributed by atoms with Crippen LogP contribution in [0.15, 0.2) is 59.5 Å². The second-order valence-corrected chi connectivity index (χ2v) is 8.26. The van der Waals surface area contributed by atoms with E-state index in [-0.39, 0.29) is 22.2 Å². The third-order valence-electron chi connectivity index (χ3n) is 4.03. The number of carbonyl (C=O) groups excluding carboxylic acids is 1. The van der Waals surface area contributed by atoms with Gasteiger partial charge in [0.15, 0.2) is 0 Å². The van der Waals surface area contributed by atoms with Crippen molar-refractivity contribution < 1.29 is 17.9 Å². The molecule has 146 valence electrons. The molecule has 8 heteroatoms. The van der Waals surface area contributed by atoms with Gasteiger partial charge in [-0.25, -0.2) is 22.9 Å². The number of para-hydroxylation sites is 1. The molecule has 28 heavy (non-hydrogen) atoms. The summed E-state index contributed by atoms with van der Waals surface area (Å²) >= 11 is 6.18. The van der Waals surface area contributed by atoms with Crippen molar-refractivity contribution in [1.82, 2.24) is 9.71 Å². The molecule has 0 bridgehead atoms. The second-order valence-electron chi connectivity index (χ2n) is 6.13. The molecule has 1 N–H and O–H groups in total. The molecule has 3 aromatic rings. The lowest BCUT2D eigenvalue weighted by Gasteiger charge is -2.09. The number of pyridine rings is 1. The number of esters is 1. The maximum Gasteiger partial charge on any atom is 0.338 e. The van der Waals surface area contributed by atoms with Crippen molar-refractivity contribution in [2.45, 2.75) is 24.8 Å². The summed E-state index contributed by atoms with van der Waals surface area (Å²) in [4.78, 5) is 16.7. The molecule has 0 spiro atoms. The predicted octanol–water partition coefficient (Wildman–Crippen LogP) is 3.93. The Balaban J connectivity index is 1.75. The van der Waals surface area contributed by atoms with Crippen LogP contribution in [0.4, 0.5) is 0 Å². The van der Waals surface area contributed by atoms with Crippen molar-refractivity contribution in [3.8, 4) is 0 Å². The average molecular weight is 419 g/mol. The highest BCUT2D eigenvalue weighted by molar-refractivity contribution is 7.89. The number of halogens is 1. The largest absolute Gasteiger partial charge is 0.457 e. The van der Waals surface area contributed by atoms with E-state index in [1.165, 1.54) is 24.3 Å². The van der Waals surface area contributed by atoms with Gasteiger partial charge in [0.2, 0.25) is 10.0 Å². The first-order valence-electron chi connectivity index (χ1n) is 8.71. The van der Waals surface area contributed by atoms with Gasteiger partial charge < -0.3 is 4.74 Å². The van der Waals surface area contributed by atoms with E-state index in [2.05, 4.69) is 9.71 Å². The zero-order valence-corrected chi connectivity index (χ0v) is 16.8. The Labute approximate surface area is 168 Å². The first-order chi connectivity index (χ1) is 13.4. The second kappa shape index (κ2) is 8.68. The SMILES string of the molecule is CCCNS(=O)(=O)c1cccc(C(=O)OCc2cc3ccccc3nc2Cl)c1. The van der Waals surface area contributed by atoms with Crippen LogP contribution in [-0.4, -0.2) is 25.9 Å². The maximum absolute atomic E-state index is 12.4. The number of nitrogens with one attached hydrogen (secondary N) is 1. The van der Waals surface area contributed by atoms with Crippen molar-refractivity contribution in [2.24, 2.45) is 0 Å². The Kier molecular flexibility index (Phi) is 6.28. The molecular weight excluding hydrogens is 400 g/mol. The quantitative estimate of drug-likeness (QED) is 0.464. The fourth-order valence-electron chi connectivity index (χ4n) is 2.57. The minimum absolute atomic E-state index is 0.0146. The van der Waals surface area contributed by atoms with Gasteiger partial charge >= 0.3 is 5.97 Å². The molecule has 0 saturated carbocycles. The van der Waals surface area contributed by atoms with E-state index in [1.54, 1.807) is 0 Å². The number of nitrogens with zero attached hydrogens (tertiary/aromatic N) is 1. The van der Waals surface area contributed by atoms with E-state index >= 15 is 0 Å². The third-order valence-corrected chi connectivity index (χ3v) is 5.82. The molecule has 0 aliphatic heterocycles. The number of benzene rings is 2. The summed E-state index contributed by atoms with van der Waals surface area (Å²) in [5.41, 5.74) is 1.46. The summed E-state index contributed by atoms with van der Waals surface area (Å²) in [6.07, 6.45) is 0.668. The molecule has 0 saturated heterocycles. The summed E-state index contributed by atoms with van der Waals surface area (Å²) in [6, 6.07) is 15.0. The van der Waals surface area contributed by atoms with Gasteiger partial charge in [0.1, 0.15) is 11.8 Å². The van der Waals surface area contributed by atoms with E-state index in [0.29, 0.717) is 18.5 Å². The number of sulfonamides is 1. The number of rotatable bonds is 7. The lowest BCUT2D eigenvalue weighted by atomic mass is 10.1. The van der Waals surface area contributed by atoms with Gasteiger partial charge in [-0.05, 0) is 36.8 Å². The van der Waals surface area contributed by atoms with E-state index in [4.69, 9.17) is 16.3 Å². The van der Waals surface area contributed by atoms with E-state index in [0.717, 1.165) is 10.9 Å². The van der Waals surface area contributed by atoms with E-state index < -0.39 is 16.0 Å². The summed E-state index contributed by atoms with van der Waals surface area (Å²) in [5, 5.41) is 1.14. The highest BCUT2D eigenvalue weighted by atomic mass is 35.5. The highest BCUT2D eigenvalue weighted by Crippen LogP contribution is 2.22. The molecule has 0 radical (unpaired) electrons. The number of hydrogen-bond donors (Lipinski definition) is 1. The van der Waals surface area contributed by atoms with Gasteiger partial charge in [0, 0.05) is 17.5 Å². The smallest absolute Gasteiger partial charge is 0.338 e. The Morgan fingerprint density at radius 1 is 1.14 bits per heavy atom. The minimum atomic E-state index is -3.67. The minimum Gasteiger partial charge on any atom is -0.457 e. The summed E-state index contributed by atoms with van der Waals surface area (Å²) in [6.45, 7) is 2.12. The van der Waals surface area contributed by atoms with Crippen molar-refractivity contribution >= 4 is 38.5 Å². The zero-order valence-electron chi connectivity index (χ0n) is 15.2. The fraction of sp³-hybridized carbons (Fsp3) is 0.200. The fourth-order valence-corrected chi connectivity index (χ4v) is 3.95. The van der Waals surface area contributed by atoms with Crippen LogP contribution in [0.25, 0.3) is 10.9 Å². The Morgan fingerprint density at radius 3 is 2.71 bits per heavy atom. The van der Waals surface area contributed by atoms with E-state index in [1.807, 2.05) is 37.3 Å². The van der Waals surface area contributed by atoms with Gasteiger partial charge in [-0.3, -0.25) is 0 Å². The van der Waals surface area contributed by atoms with Crippen molar-refractivity contribution in [1.29, 1.82) is 0 Å². The predicted molar refractivity (Wildman–Crippen MR) is 108 cm³/mol. The van der Waals surface area contributed by atoms with Gasteiger partial charge in [0.25, 0.3) is 0 Å². The molecule has 0 aliphatic rings. The van der Waals surface area contributed by atoms with Gasteiger partial charge in [-0.15, -0.1) is 0 Å². The zero-order chi connectivity index (χ0) is 20.1. The van der Waals surface area contributed by atoms with Gasteiger partial charge in [0.05, 0.1) is 16.0 Å². The molecule has 0 unspecified atom stereocenters. The summed E-state index contributed by atoms with van der Waals surface area (Å²) < 4.78 is 32.2. The van der Waals surface area contributed by atoms with Gasteiger partial charge in [-0.2, -0.15) is 0 Å². The van der Waals surface area contributed by atoms with Crippen LogP contribution < -0.4 is 4.72 Å². The highest BCUT2D eigenvalue weighted by Gasteiger charge is 2.17. The van der Waals surface area contributed by atoms with Crippen molar-refractivity contribution in [3.63, 3.8) is 0 Å². The molecule has 1 heterocycles. The van der Waals surface area contributed by atoms with Crippen molar-refractivity contribution in [3.05, 3.63) is 70.9 Å². The van der Waals surface area contributed by atoms with Crippen LogP contribution in [0.5, 0.6) is 0 Å². The van der Waals surface area contributed by atoms with Crippen LogP contribution in [-0.2, 0) is 21.4 Å².